The van der Waals surface area contributed by atoms with Gasteiger partial charge in [-0.3, -0.25) is 9.69 Å². The van der Waals surface area contributed by atoms with Crippen LogP contribution in [0.1, 0.15) is 11.1 Å². The fourth-order valence-electron chi connectivity index (χ4n) is 1.65. The predicted molar refractivity (Wildman–Crippen MR) is 66.5 cm³/mol. The maximum atomic E-state index is 12.8. The first-order chi connectivity index (χ1) is 8.71. The van der Waals surface area contributed by atoms with E-state index in [4.69, 9.17) is 0 Å². The van der Waals surface area contributed by atoms with Gasteiger partial charge in [-0.25, -0.2) is 0 Å². The fraction of sp³-hybridized carbons (Fsp3) is 0.462. The van der Waals surface area contributed by atoms with E-state index in [1.165, 1.54) is 17.0 Å². The van der Waals surface area contributed by atoms with Crippen molar-refractivity contribution >= 4 is 5.91 Å². The summed E-state index contributed by atoms with van der Waals surface area (Å²) in [6, 6.07) is 5.40. The number of hydrogen-bond donors (Lipinski definition) is 0. The summed E-state index contributed by atoms with van der Waals surface area (Å²) in [7, 11) is 4.84. The highest BCUT2D eigenvalue weighted by Gasteiger charge is 2.33. The minimum Gasteiger partial charge on any atom is -0.348 e. The Kier molecular flexibility index (Phi) is 4.94. The van der Waals surface area contributed by atoms with Crippen LogP contribution in [-0.4, -0.2) is 43.4 Å². The van der Waals surface area contributed by atoms with E-state index < -0.39 is 11.7 Å². The van der Waals surface area contributed by atoms with Gasteiger partial charge in [-0.05, 0) is 18.7 Å². The lowest BCUT2D eigenvalue weighted by atomic mass is 10.1. The standard InChI is InChI=1S/C13H17F3N2O/c1-17(2)12(19)9-18(3)8-10-6-4-5-7-11(10)13(14,15)16/h4-7H,8-9H2,1-3H3. The minimum absolute atomic E-state index is 0.0786. The number of halogens is 3. The van der Waals surface area contributed by atoms with Crippen LogP contribution in [0.3, 0.4) is 0 Å². The largest absolute Gasteiger partial charge is 0.416 e. The van der Waals surface area contributed by atoms with E-state index in [1.54, 1.807) is 32.1 Å². The van der Waals surface area contributed by atoms with Crippen molar-refractivity contribution < 1.29 is 18.0 Å². The lowest BCUT2D eigenvalue weighted by molar-refractivity contribution is -0.138. The van der Waals surface area contributed by atoms with Crippen LogP contribution in [0.25, 0.3) is 0 Å². The summed E-state index contributed by atoms with van der Waals surface area (Å²) >= 11 is 0. The van der Waals surface area contributed by atoms with Crippen molar-refractivity contribution in [2.75, 3.05) is 27.7 Å². The van der Waals surface area contributed by atoms with Gasteiger partial charge in [-0.1, -0.05) is 18.2 Å². The van der Waals surface area contributed by atoms with Crippen LogP contribution < -0.4 is 0 Å². The van der Waals surface area contributed by atoms with Gasteiger partial charge >= 0.3 is 6.18 Å². The first-order valence-electron chi connectivity index (χ1n) is 5.75. The molecule has 0 radical (unpaired) electrons. The quantitative estimate of drug-likeness (QED) is 0.840. The minimum atomic E-state index is -4.37. The summed E-state index contributed by atoms with van der Waals surface area (Å²) in [5.74, 6) is -0.146. The predicted octanol–water partition coefficient (Wildman–Crippen LogP) is 2.23. The van der Waals surface area contributed by atoms with Crippen LogP contribution in [0.5, 0.6) is 0 Å². The monoisotopic (exact) mass is 274 g/mol. The van der Waals surface area contributed by atoms with Crippen molar-refractivity contribution in [3.63, 3.8) is 0 Å². The van der Waals surface area contributed by atoms with Gasteiger partial charge in [-0.15, -0.1) is 0 Å². The van der Waals surface area contributed by atoms with Crippen LogP contribution >= 0.6 is 0 Å². The van der Waals surface area contributed by atoms with Gasteiger partial charge in [0.2, 0.25) is 5.91 Å². The maximum Gasteiger partial charge on any atom is 0.416 e. The van der Waals surface area contributed by atoms with Crippen molar-refractivity contribution in [3.05, 3.63) is 35.4 Å². The van der Waals surface area contributed by atoms with Crippen LogP contribution in [0.15, 0.2) is 24.3 Å². The zero-order valence-electron chi connectivity index (χ0n) is 11.2. The Labute approximate surface area is 110 Å². The van der Waals surface area contributed by atoms with E-state index >= 15 is 0 Å². The third-order valence-electron chi connectivity index (χ3n) is 2.67. The van der Waals surface area contributed by atoms with Gasteiger partial charge in [0.15, 0.2) is 0 Å². The molecule has 106 valence electrons. The Morgan fingerprint density at radius 2 is 1.74 bits per heavy atom. The van der Waals surface area contributed by atoms with Crippen molar-refractivity contribution in [1.29, 1.82) is 0 Å². The topological polar surface area (TPSA) is 23.6 Å². The molecule has 1 rings (SSSR count). The van der Waals surface area contributed by atoms with Crippen molar-refractivity contribution in [2.45, 2.75) is 12.7 Å². The van der Waals surface area contributed by atoms with Gasteiger partial charge in [-0.2, -0.15) is 13.2 Å². The average molecular weight is 274 g/mol. The SMILES string of the molecule is CN(CC(=O)N(C)C)Cc1ccccc1C(F)(F)F. The van der Waals surface area contributed by atoms with Crippen LogP contribution in [-0.2, 0) is 17.5 Å². The lowest BCUT2D eigenvalue weighted by Crippen LogP contribution is -2.34. The molecular formula is C13H17F3N2O. The second kappa shape index (κ2) is 6.06. The van der Waals surface area contributed by atoms with Crippen molar-refractivity contribution in [2.24, 2.45) is 0 Å². The summed E-state index contributed by atoms with van der Waals surface area (Å²) in [6.45, 7) is 0.161. The molecule has 0 heterocycles. The molecule has 1 amide bonds. The molecular weight excluding hydrogens is 257 g/mol. The van der Waals surface area contributed by atoms with E-state index in [0.29, 0.717) is 0 Å². The smallest absolute Gasteiger partial charge is 0.348 e. The summed E-state index contributed by atoms with van der Waals surface area (Å²) in [5, 5.41) is 0. The first-order valence-corrected chi connectivity index (χ1v) is 5.75. The highest BCUT2D eigenvalue weighted by molar-refractivity contribution is 5.77. The molecule has 1 aromatic carbocycles. The van der Waals surface area contributed by atoms with Gasteiger partial charge in [0.1, 0.15) is 0 Å². The molecule has 0 saturated carbocycles. The van der Waals surface area contributed by atoms with Crippen molar-refractivity contribution in [1.82, 2.24) is 9.80 Å². The second-order valence-electron chi connectivity index (χ2n) is 4.62. The maximum absolute atomic E-state index is 12.8. The molecule has 1 aromatic rings. The number of carbonyl (C=O) groups is 1. The zero-order chi connectivity index (χ0) is 14.6. The summed E-state index contributed by atoms with van der Waals surface area (Å²) in [6.07, 6.45) is -4.37. The third kappa shape index (κ3) is 4.55. The number of likely N-dealkylation sites (N-methyl/N-ethyl adjacent to an activating group) is 2. The summed E-state index contributed by atoms with van der Waals surface area (Å²) in [4.78, 5) is 14.5. The number of rotatable bonds is 4. The molecule has 0 aliphatic carbocycles. The van der Waals surface area contributed by atoms with E-state index in [-0.39, 0.29) is 24.6 Å². The molecule has 19 heavy (non-hydrogen) atoms. The molecule has 0 aromatic heterocycles. The van der Waals surface area contributed by atoms with Crippen LogP contribution in [0, 0.1) is 0 Å². The number of nitrogens with zero attached hydrogens (tertiary/aromatic N) is 2. The molecule has 0 saturated heterocycles. The fourth-order valence-corrected chi connectivity index (χ4v) is 1.65. The summed E-state index contributed by atoms with van der Waals surface area (Å²) < 4.78 is 38.4. The highest BCUT2D eigenvalue weighted by atomic mass is 19.4. The van der Waals surface area contributed by atoms with Gasteiger partial charge in [0.05, 0.1) is 12.1 Å². The van der Waals surface area contributed by atoms with Crippen LogP contribution in [0.4, 0.5) is 13.2 Å². The average Bonchev–Trinajstić information content (AvgIpc) is 2.27. The van der Waals surface area contributed by atoms with Crippen molar-refractivity contribution in [3.8, 4) is 0 Å². The molecule has 0 spiro atoms. The normalized spacial score (nSPS) is 11.7. The Morgan fingerprint density at radius 3 is 2.26 bits per heavy atom. The Hall–Kier alpha value is -1.56. The van der Waals surface area contributed by atoms with Gasteiger partial charge in [0.25, 0.3) is 0 Å². The van der Waals surface area contributed by atoms with E-state index in [0.717, 1.165) is 6.07 Å². The number of hydrogen-bond acceptors (Lipinski definition) is 2. The van der Waals surface area contributed by atoms with Gasteiger partial charge < -0.3 is 4.90 Å². The Bertz CT molecular complexity index is 444. The van der Waals surface area contributed by atoms with E-state index in [2.05, 4.69) is 0 Å². The molecule has 0 atom stereocenters. The Balaban J connectivity index is 2.80. The molecule has 3 nitrogen and oxygen atoms in total. The molecule has 0 fully saturated rings. The Morgan fingerprint density at radius 1 is 1.16 bits per heavy atom. The molecule has 0 unspecified atom stereocenters. The molecule has 0 bridgehead atoms. The lowest BCUT2D eigenvalue weighted by Gasteiger charge is -2.21. The van der Waals surface area contributed by atoms with E-state index in [9.17, 15) is 18.0 Å². The molecule has 0 N–H and O–H groups in total. The summed E-state index contributed by atoms with van der Waals surface area (Å²) in [5.41, 5.74) is -0.483. The van der Waals surface area contributed by atoms with Gasteiger partial charge in [0, 0.05) is 20.6 Å². The number of carbonyl (C=O) groups excluding carboxylic acids is 1. The zero-order valence-corrected chi connectivity index (χ0v) is 11.2. The number of alkyl halides is 3. The molecule has 6 heteroatoms. The third-order valence-corrected chi connectivity index (χ3v) is 2.67. The number of amides is 1. The first kappa shape index (κ1) is 15.5. The highest BCUT2D eigenvalue weighted by Crippen LogP contribution is 2.32. The molecule has 0 aliphatic rings. The van der Waals surface area contributed by atoms with Crippen LogP contribution in [0.2, 0.25) is 0 Å². The van der Waals surface area contributed by atoms with E-state index in [1.807, 2.05) is 0 Å². The number of benzene rings is 1. The second-order valence-corrected chi connectivity index (χ2v) is 4.62. The molecule has 0 aliphatic heterocycles.